The fraction of sp³-hybridized carbons (Fsp3) is 0.467. The van der Waals surface area contributed by atoms with Gasteiger partial charge in [0.25, 0.3) is 5.91 Å². The van der Waals surface area contributed by atoms with E-state index < -0.39 is 17.9 Å². The molecule has 114 valence electrons. The van der Waals surface area contributed by atoms with Crippen molar-refractivity contribution in [3.05, 3.63) is 23.3 Å². The molecular formula is C15H20N2O4. The number of hydrogen-bond acceptors (Lipinski definition) is 4. The molecule has 0 aromatic carbocycles. The Bertz CT molecular complexity index is 520. The molecule has 1 unspecified atom stereocenters. The van der Waals surface area contributed by atoms with E-state index in [0.29, 0.717) is 18.4 Å². The average molecular weight is 292 g/mol. The van der Waals surface area contributed by atoms with Crippen LogP contribution < -0.4 is 5.32 Å². The Hall–Kier alpha value is -2.24. The number of carbonyl (C=O) groups excluding carboxylic acids is 4. The quantitative estimate of drug-likeness (QED) is 0.356. The van der Waals surface area contributed by atoms with Gasteiger partial charge in [-0.1, -0.05) is 19.1 Å². The van der Waals surface area contributed by atoms with Crippen molar-refractivity contribution in [2.24, 2.45) is 0 Å². The van der Waals surface area contributed by atoms with Crippen LogP contribution in [-0.4, -0.2) is 35.1 Å². The highest BCUT2D eigenvalue weighted by Gasteiger charge is 2.35. The molecule has 1 rings (SSSR count). The van der Waals surface area contributed by atoms with E-state index in [2.05, 4.69) is 5.32 Å². The highest BCUT2D eigenvalue weighted by molar-refractivity contribution is 6.07. The van der Waals surface area contributed by atoms with Crippen molar-refractivity contribution in [3.8, 4) is 0 Å². The number of hydrogen-bond donors (Lipinski definition) is 1. The third kappa shape index (κ3) is 3.87. The van der Waals surface area contributed by atoms with Gasteiger partial charge in [-0.15, -0.1) is 0 Å². The Labute approximate surface area is 123 Å². The zero-order chi connectivity index (χ0) is 16.0. The summed E-state index contributed by atoms with van der Waals surface area (Å²) in [6, 6.07) is -0.923. The summed E-state index contributed by atoms with van der Waals surface area (Å²) in [4.78, 5) is 47.6. The maximum Gasteiger partial charge on any atom is 0.257 e. The van der Waals surface area contributed by atoms with Crippen molar-refractivity contribution < 1.29 is 19.2 Å². The summed E-state index contributed by atoms with van der Waals surface area (Å²) in [7, 11) is 0. The first-order valence-corrected chi connectivity index (χ1v) is 6.90. The van der Waals surface area contributed by atoms with Gasteiger partial charge < -0.3 is 0 Å². The van der Waals surface area contributed by atoms with Crippen LogP contribution in [0.25, 0.3) is 0 Å². The van der Waals surface area contributed by atoms with Gasteiger partial charge in [0.05, 0.1) is 0 Å². The summed E-state index contributed by atoms with van der Waals surface area (Å²) in [6.45, 7) is 5.43. The lowest BCUT2D eigenvalue weighted by Crippen LogP contribution is -2.54. The standard InChI is InChI=1S/C15H20N2O4/c1-4-6-10(3)11(5-2)15(21)17(9-18)12-7-8-13(19)16-14(12)20/h4,6,9,12H,5,7-8H2,1-3H3,(H,16,19,20)/b6-4-,11-10+. The molecule has 0 spiro atoms. The van der Waals surface area contributed by atoms with Crippen LogP contribution in [0.15, 0.2) is 23.3 Å². The van der Waals surface area contributed by atoms with Crippen LogP contribution in [0.3, 0.4) is 0 Å². The molecule has 6 heteroatoms. The van der Waals surface area contributed by atoms with Gasteiger partial charge in [0.1, 0.15) is 6.04 Å². The minimum absolute atomic E-state index is 0.118. The molecular weight excluding hydrogens is 272 g/mol. The number of nitrogens with zero attached hydrogens (tertiary/aromatic N) is 1. The summed E-state index contributed by atoms with van der Waals surface area (Å²) in [5, 5.41) is 2.15. The van der Waals surface area contributed by atoms with Gasteiger partial charge in [0.15, 0.2) is 0 Å². The summed E-state index contributed by atoms with van der Waals surface area (Å²) in [6.07, 6.45) is 4.68. The van der Waals surface area contributed by atoms with E-state index in [1.165, 1.54) is 0 Å². The van der Waals surface area contributed by atoms with E-state index in [4.69, 9.17) is 0 Å². The Morgan fingerprint density at radius 2 is 2.10 bits per heavy atom. The van der Waals surface area contributed by atoms with E-state index in [9.17, 15) is 19.2 Å². The third-order valence-electron chi connectivity index (χ3n) is 3.40. The number of rotatable bonds is 5. The van der Waals surface area contributed by atoms with Crippen LogP contribution in [0.4, 0.5) is 0 Å². The molecule has 6 nitrogen and oxygen atoms in total. The molecule has 1 saturated heterocycles. The number of piperidine rings is 1. The highest BCUT2D eigenvalue weighted by atomic mass is 16.2. The Morgan fingerprint density at radius 3 is 2.57 bits per heavy atom. The normalized spacial score (nSPS) is 20.0. The second kappa shape index (κ2) is 7.52. The molecule has 1 fully saturated rings. The molecule has 4 amide bonds. The maximum atomic E-state index is 12.5. The monoisotopic (exact) mass is 292 g/mol. The number of carbonyl (C=O) groups is 4. The smallest absolute Gasteiger partial charge is 0.257 e. The van der Waals surface area contributed by atoms with Crippen molar-refractivity contribution in [2.45, 2.75) is 46.1 Å². The SMILES string of the molecule is C/C=C\C(C)=C(/CC)C(=O)N(C=O)C1CCC(=O)NC1=O. The predicted octanol–water partition coefficient (Wildman–Crippen LogP) is 1.08. The number of allylic oxidation sites excluding steroid dienone is 3. The van der Waals surface area contributed by atoms with Crippen molar-refractivity contribution >= 4 is 24.1 Å². The van der Waals surface area contributed by atoms with E-state index >= 15 is 0 Å². The second-order valence-corrected chi connectivity index (χ2v) is 4.80. The summed E-state index contributed by atoms with van der Waals surface area (Å²) < 4.78 is 0. The predicted molar refractivity (Wildman–Crippen MR) is 76.9 cm³/mol. The van der Waals surface area contributed by atoms with Gasteiger partial charge in [-0.05, 0) is 32.3 Å². The molecule has 1 atom stereocenters. The van der Waals surface area contributed by atoms with Gasteiger partial charge in [-0.3, -0.25) is 29.4 Å². The Morgan fingerprint density at radius 1 is 1.43 bits per heavy atom. The molecule has 0 saturated carbocycles. The van der Waals surface area contributed by atoms with Gasteiger partial charge in [0, 0.05) is 12.0 Å². The summed E-state index contributed by atoms with van der Waals surface area (Å²) in [5.74, 6) is -1.48. The van der Waals surface area contributed by atoms with Gasteiger partial charge in [0.2, 0.25) is 18.2 Å². The minimum Gasteiger partial charge on any atom is -0.295 e. The molecule has 0 aliphatic carbocycles. The lowest BCUT2D eigenvalue weighted by Gasteiger charge is -2.29. The first kappa shape index (κ1) is 16.8. The topological polar surface area (TPSA) is 83.6 Å². The van der Waals surface area contributed by atoms with E-state index in [-0.39, 0.29) is 18.7 Å². The highest BCUT2D eigenvalue weighted by Crippen LogP contribution is 2.18. The van der Waals surface area contributed by atoms with E-state index in [1.54, 1.807) is 19.1 Å². The minimum atomic E-state index is -0.923. The lowest BCUT2D eigenvalue weighted by molar-refractivity contribution is -0.148. The zero-order valence-electron chi connectivity index (χ0n) is 12.5. The van der Waals surface area contributed by atoms with Crippen LogP contribution in [-0.2, 0) is 19.2 Å². The van der Waals surface area contributed by atoms with E-state index in [0.717, 1.165) is 10.5 Å². The van der Waals surface area contributed by atoms with Crippen LogP contribution in [0, 0.1) is 0 Å². The number of imide groups is 2. The fourth-order valence-electron chi connectivity index (χ4n) is 2.32. The molecule has 1 N–H and O–H groups in total. The molecule has 1 heterocycles. The zero-order valence-corrected chi connectivity index (χ0v) is 12.5. The number of amides is 4. The fourth-order valence-corrected chi connectivity index (χ4v) is 2.32. The summed E-state index contributed by atoms with van der Waals surface area (Å²) >= 11 is 0. The van der Waals surface area contributed by atoms with Crippen molar-refractivity contribution in [3.63, 3.8) is 0 Å². The van der Waals surface area contributed by atoms with Crippen molar-refractivity contribution in [1.29, 1.82) is 0 Å². The second-order valence-electron chi connectivity index (χ2n) is 4.80. The molecule has 0 radical (unpaired) electrons. The van der Waals surface area contributed by atoms with Crippen LogP contribution in [0.2, 0.25) is 0 Å². The molecule has 0 bridgehead atoms. The van der Waals surface area contributed by atoms with Crippen LogP contribution in [0.5, 0.6) is 0 Å². The van der Waals surface area contributed by atoms with E-state index in [1.807, 2.05) is 13.8 Å². The van der Waals surface area contributed by atoms with Crippen molar-refractivity contribution in [2.75, 3.05) is 0 Å². The van der Waals surface area contributed by atoms with Crippen molar-refractivity contribution in [1.82, 2.24) is 10.2 Å². The molecule has 0 aromatic rings. The van der Waals surface area contributed by atoms with Gasteiger partial charge in [-0.2, -0.15) is 0 Å². The Balaban J connectivity index is 3.06. The largest absolute Gasteiger partial charge is 0.295 e. The van der Waals surface area contributed by atoms with Crippen LogP contribution >= 0.6 is 0 Å². The molecule has 1 aliphatic heterocycles. The first-order chi connectivity index (χ1) is 9.96. The molecule has 21 heavy (non-hydrogen) atoms. The van der Waals surface area contributed by atoms with Gasteiger partial charge in [-0.25, -0.2) is 0 Å². The average Bonchev–Trinajstić information content (AvgIpc) is 2.43. The lowest BCUT2D eigenvalue weighted by atomic mass is 10.0. The molecule has 1 aliphatic rings. The third-order valence-corrected chi connectivity index (χ3v) is 3.40. The first-order valence-electron chi connectivity index (χ1n) is 6.90. The maximum absolute atomic E-state index is 12.5. The molecule has 0 aromatic heterocycles. The summed E-state index contributed by atoms with van der Waals surface area (Å²) in [5.41, 5.74) is 1.23. The Kier molecular flexibility index (Phi) is 6.02. The van der Waals surface area contributed by atoms with Gasteiger partial charge >= 0.3 is 0 Å². The van der Waals surface area contributed by atoms with Crippen LogP contribution in [0.1, 0.15) is 40.0 Å². The number of nitrogens with one attached hydrogen (secondary N) is 1.